The summed E-state index contributed by atoms with van der Waals surface area (Å²) in [5.41, 5.74) is 0.305. The summed E-state index contributed by atoms with van der Waals surface area (Å²) >= 11 is 0. The van der Waals surface area contributed by atoms with Crippen LogP contribution in [0.2, 0.25) is 0 Å². The Labute approximate surface area is 145 Å². The first kappa shape index (κ1) is 18.7. The second kappa shape index (κ2) is 7.99. The molecule has 1 amide bonds. The van der Waals surface area contributed by atoms with Crippen molar-refractivity contribution in [1.29, 1.82) is 0 Å². The van der Waals surface area contributed by atoms with Gasteiger partial charge >= 0.3 is 0 Å². The van der Waals surface area contributed by atoms with E-state index in [0.717, 1.165) is 30.7 Å². The zero-order valence-corrected chi connectivity index (χ0v) is 15.3. The number of rotatable bonds is 7. The number of aliphatic hydroxyl groups is 1. The van der Waals surface area contributed by atoms with E-state index >= 15 is 0 Å². The third-order valence-corrected chi connectivity index (χ3v) is 4.60. The Morgan fingerprint density at radius 3 is 2.62 bits per heavy atom. The van der Waals surface area contributed by atoms with E-state index in [4.69, 9.17) is 4.74 Å². The predicted octanol–water partition coefficient (Wildman–Crippen LogP) is 2.28. The Kier molecular flexibility index (Phi) is 6.24. The molecule has 0 radical (unpaired) electrons. The molecule has 0 bridgehead atoms. The number of amides is 1. The first-order chi connectivity index (χ1) is 11.3. The number of ether oxygens (including phenoxy) is 1. The third-order valence-electron chi connectivity index (χ3n) is 4.60. The molecular formula is C19H30N2O3. The summed E-state index contributed by atoms with van der Waals surface area (Å²) in [6.07, 6.45) is 1.98. The lowest BCUT2D eigenvalue weighted by Gasteiger charge is -2.34. The molecule has 2 rings (SSSR count). The molecule has 1 aliphatic heterocycles. The number of carbonyl (C=O) groups excluding carboxylic acids is 1. The van der Waals surface area contributed by atoms with Crippen molar-refractivity contribution in [3.8, 4) is 5.75 Å². The van der Waals surface area contributed by atoms with Crippen molar-refractivity contribution in [3.05, 3.63) is 29.8 Å². The molecule has 1 N–H and O–H groups in total. The lowest BCUT2D eigenvalue weighted by molar-refractivity contribution is -0.132. The second-order valence-electron chi connectivity index (χ2n) is 7.11. The van der Waals surface area contributed by atoms with Gasteiger partial charge in [-0.05, 0) is 57.9 Å². The Morgan fingerprint density at radius 1 is 1.38 bits per heavy atom. The Hall–Kier alpha value is -1.59. The van der Waals surface area contributed by atoms with Crippen LogP contribution in [0.3, 0.4) is 0 Å². The molecule has 1 aromatic carbocycles. The highest BCUT2D eigenvalue weighted by Gasteiger charge is 2.36. The highest BCUT2D eigenvalue weighted by molar-refractivity contribution is 5.78. The van der Waals surface area contributed by atoms with Crippen molar-refractivity contribution >= 4 is 5.91 Å². The zero-order chi connectivity index (χ0) is 17.7. The van der Waals surface area contributed by atoms with E-state index in [1.165, 1.54) is 0 Å². The molecule has 0 spiro atoms. The first-order valence-electron chi connectivity index (χ1n) is 8.73. The number of benzene rings is 1. The van der Waals surface area contributed by atoms with E-state index in [-0.39, 0.29) is 11.9 Å². The Morgan fingerprint density at radius 2 is 2.04 bits per heavy atom. The quantitative estimate of drug-likeness (QED) is 0.831. The smallest absolute Gasteiger partial charge is 0.236 e. The minimum atomic E-state index is -0.773. The highest BCUT2D eigenvalue weighted by Crippen LogP contribution is 2.26. The van der Waals surface area contributed by atoms with Crippen LogP contribution in [0.5, 0.6) is 5.75 Å². The number of hydrogen-bond acceptors (Lipinski definition) is 4. The van der Waals surface area contributed by atoms with Crippen LogP contribution < -0.4 is 4.74 Å². The summed E-state index contributed by atoms with van der Waals surface area (Å²) in [6, 6.07) is 7.90. The average Bonchev–Trinajstić information content (AvgIpc) is 2.98. The van der Waals surface area contributed by atoms with Gasteiger partial charge in [-0.2, -0.15) is 0 Å². The van der Waals surface area contributed by atoms with E-state index in [1.54, 1.807) is 4.90 Å². The topological polar surface area (TPSA) is 53.0 Å². The molecule has 24 heavy (non-hydrogen) atoms. The van der Waals surface area contributed by atoms with Crippen LogP contribution >= 0.6 is 0 Å². The summed E-state index contributed by atoms with van der Waals surface area (Å²) in [5.74, 6) is 0.931. The molecule has 0 saturated carbocycles. The molecule has 1 fully saturated rings. The van der Waals surface area contributed by atoms with E-state index in [1.807, 2.05) is 52.1 Å². The minimum absolute atomic E-state index is 0.0559. The van der Waals surface area contributed by atoms with Gasteiger partial charge in [0.15, 0.2) is 0 Å². The van der Waals surface area contributed by atoms with E-state index in [2.05, 4.69) is 4.90 Å². The lowest BCUT2D eigenvalue weighted by Crippen LogP contribution is -2.49. The fourth-order valence-electron chi connectivity index (χ4n) is 3.33. The minimum Gasteiger partial charge on any atom is -0.494 e. The number of hydrogen-bond donors (Lipinski definition) is 1. The third kappa shape index (κ3) is 4.95. The highest BCUT2D eigenvalue weighted by atomic mass is 16.5. The van der Waals surface area contributed by atoms with Crippen molar-refractivity contribution in [2.24, 2.45) is 0 Å². The van der Waals surface area contributed by atoms with Gasteiger partial charge in [-0.1, -0.05) is 12.1 Å². The van der Waals surface area contributed by atoms with Crippen molar-refractivity contribution in [1.82, 2.24) is 9.80 Å². The summed E-state index contributed by atoms with van der Waals surface area (Å²) < 4.78 is 5.43. The molecule has 1 unspecified atom stereocenters. The molecule has 1 saturated heterocycles. The van der Waals surface area contributed by atoms with E-state index in [9.17, 15) is 9.90 Å². The van der Waals surface area contributed by atoms with Gasteiger partial charge in [0.1, 0.15) is 5.75 Å². The maximum atomic E-state index is 12.5. The predicted molar refractivity (Wildman–Crippen MR) is 95.0 cm³/mol. The number of carbonyl (C=O) groups is 1. The maximum Gasteiger partial charge on any atom is 0.236 e. The molecule has 134 valence electrons. The summed E-state index contributed by atoms with van der Waals surface area (Å²) in [6.45, 7) is 8.07. The van der Waals surface area contributed by atoms with Gasteiger partial charge in [0.25, 0.3) is 0 Å². The van der Waals surface area contributed by atoms with Gasteiger partial charge in [0.05, 0.1) is 18.8 Å². The summed E-state index contributed by atoms with van der Waals surface area (Å²) in [5, 5.41) is 10.3. The Balaban J connectivity index is 1.90. The van der Waals surface area contributed by atoms with Crippen molar-refractivity contribution < 1.29 is 14.6 Å². The summed E-state index contributed by atoms with van der Waals surface area (Å²) in [4.78, 5) is 16.4. The van der Waals surface area contributed by atoms with Gasteiger partial charge in [-0.25, -0.2) is 0 Å². The van der Waals surface area contributed by atoms with Crippen LogP contribution in [0.4, 0.5) is 0 Å². The van der Waals surface area contributed by atoms with Crippen molar-refractivity contribution in [2.75, 3.05) is 26.7 Å². The van der Waals surface area contributed by atoms with E-state index < -0.39 is 5.60 Å². The van der Waals surface area contributed by atoms with E-state index in [0.29, 0.717) is 19.7 Å². The maximum absolute atomic E-state index is 12.5. The van der Waals surface area contributed by atoms with Crippen LogP contribution in [0, 0.1) is 0 Å². The fourth-order valence-corrected chi connectivity index (χ4v) is 3.33. The first-order valence-corrected chi connectivity index (χ1v) is 8.73. The Bertz CT molecular complexity index is 537. The van der Waals surface area contributed by atoms with Crippen LogP contribution in [0.25, 0.3) is 0 Å². The molecule has 1 aromatic rings. The second-order valence-corrected chi connectivity index (χ2v) is 7.11. The van der Waals surface area contributed by atoms with Gasteiger partial charge in [-0.15, -0.1) is 0 Å². The van der Waals surface area contributed by atoms with Crippen molar-refractivity contribution in [2.45, 2.75) is 51.8 Å². The SMILES string of the molecule is CCOc1ccc(CN(C)C(=O)CN2CCCC2C(C)(C)O)cc1. The molecule has 1 heterocycles. The largest absolute Gasteiger partial charge is 0.494 e. The molecule has 0 aliphatic carbocycles. The summed E-state index contributed by atoms with van der Waals surface area (Å²) in [7, 11) is 1.83. The molecule has 5 heteroatoms. The van der Waals surface area contributed by atoms with Gasteiger partial charge < -0.3 is 14.7 Å². The van der Waals surface area contributed by atoms with Crippen LogP contribution in [0.1, 0.15) is 39.2 Å². The average molecular weight is 334 g/mol. The van der Waals surface area contributed by atoms with Gasteiger partial charge in [-0.3, -0.25) is 9.69 Å². The lowest BCUT2D eigenvalue weighted by atomic mass is 9.97. The van der Waals surface area contributed by atoms with Gasteiger partial charge in [0.2, 0.25) is 5.91 Å². The monoisotopic (exact) mass is 334 g/mol. The normalized spacial score (nSPS) is 18.6. The standard InChI is InChI=1S/C19H30N2O3/c1-5-24-16-10-8-15(9-11-16)13-20(4)18(22)14-21-12-6-7-17(21)19(2,3)23/h8-11,17,23H,5-7,12-14H2,1-4H3. The molecular weight excluding hydrogens is 304 g/mol. The zero-order valence-electron chi connectivity index (χ0n) is 15.3. The number of nitrogens with zero attached hydrogens (tertiary/aromatic N) is 2. The van der Waals surface area contributed by atoms with Gasteiger partial charge in [0, 0.05) is 19.6 Å². The number of likely N-dealkylation sites (tertiary alicyclic amines) is 1. The molecule has 1 aliphatic rings. The molecule has 5 nitrogen and oxygen atoms in total. The number of likely N-dealkylation sites (N-methyl/N-ethyl adjacent to an activating group) is 1. The van der Waals surface area contributed by atoms with Crippen LogP contribution in [0.15, 0.2) is 24.3 Å². The molecule has 1 atom stereocenters. The van der Waals surface area contributed by atoms with Crippen LogP contribution in [-0.2, 0) is 11.3 Å². The molecule has 0 aromatic heterocycles. The van der Waals surface area contributed by atoms with Crippen LogP contribution in [-0.4, -0.2) is 59.2 Å². The van der Waals surface area contributed by atoms with Crippen molar-refractivity contribution in [3.63, 3.8) is 0 Å². The fraction of sp³-hybridized carbons (Fsp3) is 0.632.